The van der Waals surface area contributed by atoms with Crippen molar-refractivity contribution in [2.75, 3.05) is 20.6 Å². The standard InChI is InChI=1S/C24H33N3O3S/c1-18(2)20-11-9-19(10-12-20)16-27(22-13-14-22)17-24(28)25-15-21-7-5-6-8-23(21)31(29,30)26(3)4/h5-12,18,22H,13-17H2,1-4H3,(H,25,28). The van der Waals surface area contributed by atoms with E-state index in [9.17, 15) is 13.2 Å². The summed E-state index contributed by atoms with van der Waals surface area (Å²) in [6.45, 7) is 5.58. The molecule has 0 unspecified atom stereocenters. The third kappa shape index (κ3) is 6.15. The number of benzene rings is 2. The molecule has 2 aromatic carbocycles. The zero-order chi connectivity index (χ0) is 22.6. The topological polar surface area (TPSA) is 69.7 Å². The Morgan fingerprint density at radius 1 is 1.06 bits per heavy atom. The van der Waals surface area contributed by atoms with Crippen LogP contribution in [0.15, 0.2) is 53.4 Å². The van der Waals surface area contributed by atoms with Crippen molar-refractivity contribution in [1.82, 2.24) is 14.5 Å². The van der Waals surface area contributed by atoms with Crippen LogP contribution in [0.4, 0.5) is 0 Å². The summed E-state index contributed by atoms with van der Waals surface area (Å²) in [4.78, 5) is 15.1. The first-order valence-electron chi connectivity index (χ1n) is 10.8. The van der Waals surface area contributed by atoms with Crippen molar-refractivity contribution >= 4 is 15.9 Å². The average Bonchev–Trinajstić information content (AvgIpc) is 3.57. The highest BCUT2D eigenvalue weighted by molar-refractivity contribution is 7.89. The Hall–Kier alpha value is -2.22. The van der Waals surface area contributed by atoms with Gasteiger partial charge in [-0.1, -0.05) is 56.3 Å². The Morgan fingerprint density at radius 2 is 1.71 bits per heavy atom. The van der Waals surface area contributed by atoms with Gasteiger partial charge in [0.25, 0.3) is 0 Å². The fourth-order valence-corrected chi connectivity index (χ4v) is 4.64. The Kier molecular flexibility index (Phi) is 7.51. The van der Waals surface area contributed by atoms with E-state index in [1.165, 1.54) is 29.5 Å². The minimum absolute atomic E-state index is 0.0947. The molecule has 1 saturated carbocycles. The van der Waals surface area contributed by atoms with Crippen molar-refractivity contribution in [1.29, 1.82) is 0 Å². The molecule has 0 atom stereocenters. The molecule has 1 fully saturated rings. The third-order valence-corrected chi connectivity index (χ3v) is 7.56. The first-order valence-corrected chi connectivity index (χ1v) is 12.2. The van der Waals surface area contributed by atoms with Crippen molar-refractivity contribution in [3.05, 3.63) is 65.2 Å². The molecule has 0 aromatic heterocycles. The molecule has 3 rings (SSSR count). The fraction of sp³-hybridized carbons (Fsp3) is 0.458. The van der Waals surface area contributed by atoms with Crippen LogP contribution in [0.25, 0.3) is 0 Å². The van der Waals surface area contributed by atoms with Crippen LogP contribution < -0.4 is 5.32 Å². The van der Waals surface area contributed by atoms with Gasteiger partial charge < -0.3 is 5.32 Å². The molecule has 0 heterocycles. The van der Waals surface area contributed by atoms with Gasteiger partial charge in [-0.25, -0.2) is 12.7 Å². The highest BCUT2D eigenvalue weighted by atomic mass is 32.2. The van der Waals surface area contributed by atoms with E-state index < -0.39 is 10.0 Å². The predicted molar refractivity (Wildman–Crippen MR) is 123 cm³/mol. The number of hydrogen-bond acceptors (Lipinski definition) is 4. The summed E-state index contributed by atoms with van der Waals surface area (Å²) in [5.74, 6) is 0.404. The second-order valence-electron chi connectivity index (χ2n) is 8.70. The van der Waals surface area contributed by atoms with Crippen LogP contribution in [0, 0.1) is 0 Å². The number of rotatable bonds is 10. The van der Waals surface area contributed by atoms with Crippen LogP contribution in [-0.4, -0.2) is 50.2 Å². The molecule has 0 aliphatic heterocycles. The summed E-state index contributed by atoms with van der Waals surface area (Å²) in [5.41, 5.74) is 3.10. The van der Waals surface area contributed by atoms with Gasteiger partial charge in [0.15, 0.2) is 0 Å². The van der Waals surface area contributed by atoms with E-state index in [0.29, 0.717) is 24.1 Å². The van der Waals surface area contributed by atoms with Gasteiger partial charge in [-0.15, -0.1) is 0 Å². The summed E-state index contributed by atoms with van der Waals surface area (Å²) in [6.07, 6.45) is 2.22. The molecule has 6 nitrogen and oxygen atoms in total. The number of carbonyl (C=O) groups is 1. The van der Waals surface area contributed by atoms with E-state index in [1.54, 1.807) is 24.3 Å². The predicted octanol–water partition coefficient (Wildman–Crippen LogP) is 3.34. The normalized spacial score (nSPS) is 14.4. The van der Waals surface area contributed by atoms with Crippen molar-refractivity contribution in [3.63, 3.8) is 0 Å². The Labute approximate surface area is 186 Å². The summed E-state index contributed by atoms with van der Waals surface area (Å²) in [5, 5.41) is 2.91. The van der Waals surface area contributed by atoms with Gasteiger partial charge in [0.05, 0.1) is 11.4 Å². The van der Waals surface area contributed by atoms with Gasteiger partial charge >= 0.3 is 0 Å². The maximum absolute atomic E-state index is 12.7. The molecule has 0 bridgehead atoms. The SMILES string of the molecule is CC(C)c1ccc(CN(CC(=O)NCc2ccccc2S(=O)(=O)N(C)C)C2CC2)cc1. The fourth-order valence-electron chi connectivity index (χ4n) is 3.53. The number of sulfonamides is 1. The highest BCUT2D eigenvalue weighted by Crippen LogP contribution is 2.28. The summed E-state index contributed by atoms with van der Waals surface area (Å²) in [7, 11) is -0.549. The Bertz CT molecular complexity index is 997. The number of nitrogens with one attached hydrogen (secondary N) is 1. The zero-order valence-corrected chi connectivity index (χ0v) is 19.7. The lowest BCUT2D eigenvalue weighted by Gasteiger charge is -2.22. The summed E-state index contributed by atoms with van der Waals surface area (Å²) in [6, 6.07) is 15.8. The van der Waals surface area contributed by atoms with Crippen LogP contribution in [0.5, 0.6) is 0 Å². The van der Waals surface area contributed by atoms with Gasteiger partial charge in [0.2, 0.25) is 15.9 Å². The molecular weight excluding hydrogens is 410 g/mol. The quantitative estimate of drug-likeness (QED) is 0.611. The number of amides is 1. The van der Waals surface area contributed by atoms with Crippen LogP contribution in [-0.2, 0) is 27.9 Å². The van der Waals surface area contributed by atoms with E-state index in [-0.39, 0.29) is 17.3 Å². The van der Waals surface area contributed by atoms with E-state index in [1.807, 2.05) is 0 Å². The number of carbonyl (C=O) groups excluding carboxylic acids is 1. The van der Waals surface area contributed by atoms with Gasteiger partial charge in [-0.2, -0.15) is 0 Å². The molecule has 1 aliphatic rings. The highest BCUT2D eigenvalue weighted by Gasteiger charge is 2.30. The van der Waals surface area contributed by atoms with Crippen molar-refractivity contribution in [3.8, 4) is 0 Å². The van der Waals surface area contributed by atoms with Gasteiger partial charge in [0, 0.05) is 33.2 Å². The van der Waals surface area contributed by atoms with Gasteiger partial charge in [-0.3, -0.25) is 9.69 Å². The lowest BCUT2D eigenvalue weighted by atomic mass is 10.0. The Balaban J connectivity index is 1.62. The average molecular weight is 444 g/mol. The molecule has 168 valence electrons. The Morgan fingerprint density at radius 3 is 2.29 bits per heavy atom. The molecule has 0 radical (unpaired) electrons. The van der Waals surface area contributed by atoms with Crippen LogP contribution in [0.3, 0.4) is 0 Å². The molecule has 1 N–H and O–H groups in total. The minimum Gasteiger partial charge on any atom is -0.351 e. The van der Waals surface area contributed by atoms with Crippen molar-refractivity contribution in [2.45, 2.75) is 56.6 Å². The maximum Gasteiger partial charge on any atom is 0.242 e. The van der Waals surface area contributed by atoms with Crippen LogP contribution in [0.1, 0.15) is 49.3 Å². The number of hydrogen-bond donors (Lipinski definition) is 1. The zero-order valence-electron chi connectivity index (χ0n) is 18.8. The second kappa shape index (κ2) is 9.94. The van der Waals surface area contributed by atoms with Crippen molar-refractivity contribution in [2.24, 2.45) is 0 Å². The second-order valence-corrected chi connectivity index (χ2v) is 10.8. The van der Waals surface area contributed by atoms with Crippen LogP contribution >= 0.6 is 0 Å². The molecule has 0 saturated heterocycles. The molecule has 0 spiro atoms. The molecule has 1 aliphatic carbocycles. The minimum atomic E-state index is -3.56. The molecule has 1 amide bonds. The third-order valence-electron chi connectivity index (χ3n) is 5.65. The largest absolute Gasteiger partial charge is 0.351 e. The van der Waals surface area contributed by atoms with E-state index in [4.69, 9.17) is 0 Å². The smallest absolute Gasteiger partial charge is 0.242 e. The molecule has 2 aromatic rings. The molecular formula is C24H33N3O3S. The number of nitrogens with zero attached hydrogens (tertiary/aromatic N) is 2. The summed E-state index contributed by atoms with van der Waals surface area (Å²) >= 11 is 0. The van der Waals surface area contributed by atoms with Crippen LogP contribution in [0.2, 0.25) is 0 Å². The summed E-state index contributed by atoms with van der Waals surface area (Å²) < 4.78 is 26.3. The first kappa shape index (κ1) is 23.4. The monoisotopic (exact) mass is 443 g/mol. The van der Waals surface area contributed by atoms with E-state index >= 15 is 0 Å². The van der Waals surface area contributed by atoms with Gasteiger partial charge in [0.1, 0.15) is 0 Å². The van der Waals surface area contributed by atoms with Crippen molar-refractivity contribution < 1.29 is 13.2 Å². The molecule has 31 heavy (non-hydrogen) atoms. The lowest BCUT2D eigenvalue weighted by molar-refractivity contribution is -0.122. The first-order chi connectivity index (χ1) is 14.7. The maximum atomic E-state index is 12.7. The van der Waals surface area contributed by atoms with Gasteiger partial charge in [-0.05, 0) is 41.5 Å². The lowest BCUT2D eigenvalue weighted by Crippen LogP contribution is -2.38. The van der Waals surface area contributed by atoms with E-state index in [2.05, 4.69) is 48.3 Å². The molecule has 7 heteroatoms. The van der Waals surface area contributed by atoms with E-state index in [0.717, 1.165) is 19.4 Å².